The highest BCUT2D eigenvalue weighted by molar-refractivity contribution is 7.46. The van der Waals surface area contributed by atoms with Gasteiger partial charge in [-0.2, -0.15) is 4.98 Å². The van der Waals surface area contributed by atoms with Gasteiger partial charge < -0.3 is 30.5 Å². The number of aromatic nitrogens is 2. The molecule has 21 heavy (non-hydrogen) atoms. The number of phosphoric ester groups is 1. The zero-order chi connectivity index (χ0) is 15.8. The zero-order valence-electron chi connectivity index (χ0n) is 10.5. The molecule has 1 aromatic heterocycles. The Morgan fingerprint density at radius 3 is 2.71 bits per heavy atom. The van der Waals surface area contributed by atoms with Gasteiger partial charge in [-0.05, 0) is 6.07 Å². The van der Waals surface area contributed by atoms with Crippen molar-refractivity contribution in [1.82, 2.24) is 9.55 Å². The molecular weight excluding hydrogens is 309 g/mol. The van der Waals surface area contributed by atoms with E-state index in [1.807, 2.05) is 0 Å². The van der Waals surface area contributed by atoms with Crippen molar-refractivity contribution in [2.75, 3.05) is 12.3 Å². The molecule has 11 nitrogen and oxygen atoms in total. The third-order valence-electron chi connectivity index (χ3n) is 2.88. The molecule has 1 saturated heterocycles. The number of hydrogen-bond donors (Lipinski definition) is 5. The number of phosphoric acid groups is 1. The first kappa shape index (κ1) is 16.0. The minimum Gasteiger partial charge on any atom is -0.394 e. The van der Waals surface area contributed by atoms with Gasteiger partial charge in [-0.3, -0.25) is 9.09 Å². The van der Waals surface area contributed by atoms with E-state index in [1.54, 1.807) is 0 Å². The number of nitrogen functional groups attached to an aromatic ring is 1. The van der Waals surface area contributed by atoms with Gasteiger partial charge in [0.2, 0.25) is 0 Å². The van der Waals surface area contributed by atoms with E-state index in [0.29, 0.717) is 0 Å². The molecule has 0 amide bonds. The Balaban J connectivity index is 2.39. The van der Waals surface area contributed by atoms with Crippen LogP contribution in [-0.4, -0.2) is 54.5 Å². The van der Waals surface area contributed by atoms with E-state index in [0.717, 1.165) is 4.57 Å². The smallest absolute Gasteiger partial charge is 0.394 e. The van der Waals surface area contributed by atoms with Gasteiger partial charge in [0.15, 0.2) is 6.23 Å². The number of aliphatic hydroxyl groups excluding tert-OH is 2. The Kier molecular flexibility index (Phi) is 4.44. The number of anilines is 1. The van der Waals surface area contributed by atoms with Crippen LogP contribution in [0.25, 0.3) is 0 Å². The van der Waals surface area contributed by atoms with Crippen LogP contribution in [0.5, 0.6) is 0 Å². The van der Waals surface area contributed by atoms with Crippen molar-refractivity contribution in [1.29, 1.82) is 0 Å². The fraction of sp³-hybridized carbons (Fsp3) is 0.556. The normalized spacial score (nSPS) is 29.7. The second-order valence-electron chi connectivity index (χ2n) is 4.34. The predicted molar refractivity (Wildman–Crippen MR) is 66.8 cm³/mol. The molecule has 1 unspecified atom stereocenters. The van der Waals surface area contributed by atoms with E-state index in [2.05, 4.69) is 9.51 Å². The van der Waals surface area contributed by atoms with Gasteiger partial charge in [0.25, 0.3) is 0 Å². The number of ether oxygens (including phenoxy) is 1. The third-order valence-corrected chi connectivity index (χ3v) is 3.40. The van der Waals surface area contributed by atoms with E-state index in [9.17, 15) is 14.5 Å². The monoisotopic (exact) mass is 323 g/mol. The average Bonchev–Trinajstić information content (AvgIpc) is 2.65. The summed E-state index contributed by atoms with van der Waals surface area (Å²) in [6, 6.07) is 1.26. The molecule has 2 heterocycles. The van der Waals surface area contributed by atoms with Gasteiger partial charge in [-0.15, -0.1) is 0 Å². The maximum Gasteiger partial charge on any atom is 0.470 e. The molecular formula is C9H14N3O8P. The van der Waals surface area contributed by atoms with Crippen LogP contribution in [0.4, 0.5) is 5.82 Å². The maximum atomic E-state index is 11.7. The summed E-state index contributed by atoms with van der Waals surface area (Å²) in [5.41, 5.74) is 4.48. The Labute approximate surface area is 117 Å². The molecule has 1 aromatic rings. The molecule has 2 rings (SSSR count). The zero-order valence-corrected chi connectivity index (χ0v) is 11.4. The van der Waals surface area contributed by atoms with Gasteiger partial charge in [0.1, 0.15) is 24.1 Å². The highest BCUT2D eigenvalue weighted by atomic mass is 31.2. The minimum atomic E-state index is -4.95. The summed E-state index contributed by atoms with van der Waals surface area (Å²) in [6.45, 7) is -0.629. The number of nitrogens with two attached hydrogens (primary N) is 1. The molecule has 0 saturated carbocycles. The SMILES string of the molecule is Nc1ccn(C2O[C@H](CO)[C@@H](O)[C@@H]2OP(=O)(O)O)c(=O)n1. The summed E-state index contributed by atoms with van der Waals surface area (Å²) in [7, 11) is -4.95. The molecule has 6 N–H and O–H groups in total. The molecule has 0 bridgehead atoms. The summed E-state index contributed by atoms with van der Waals surface area (Å²) in [5.74, 6) is -0.0547. The van der Waals surface area contributed by atoms with Crippen molar-refractivity contribution in [3.63, 3.8) is 0 Å². The molecule has 0 radical (unpaired) electrons. The second kappa shape index (κ2) is 5.81. The van der Waals surface area contributed by atoms with E-state index in [4.69, 9.17) is 25.4 Å². The van der Waals surface area contributed by atoms with Crippen LogP contribution in [-0.2, 0) is 13.8 Å². The summed E-state index contributed by atoms with van der Waals surface area (Å²) in [5, 5.41) is 18.9. The lowest BCUT2D eigenvalue weighted by Gasteiger charge is -2.22. The fourth-order valence-corrected chi connectivity index (χ4v) is 2.53. The lowest BCUT2D eigenvalue weighted by molar-refractivity contribution is -0.0543. The molecule has 118 valence electrons. The predicted octanol–water partition coefficient (Wildman–Crippen LogP) is -2.45. The van der Waals surface area contributed by atoms with Crippen molar-refractivity contribution in [2.24, 2.45) is 0 Å². The lowest BCUT2D eigenvalue weighted by Crippen LogP contribution is -2.37. The van der Waals surface area contributed by atoms with Crippen molar-refractivity contribution in [2.45, 2.75) is 24.5 Å². The van der Waals surface area contributed by atoms with Crippen LogP contribution >= 0.6 is 7.82 Å². The second-order valence-corrected chi connectivity index (χ2v) is 5.53. The summed E-state index contributed by atoms with van der Waals surface area (Å²) >= 11 is 0. The van der Waals surface area contributed by atoms with Crippen molar-refractivity contribution < 1.29 is 33.8 Å². The Bertz CT molecular complexity index is 615. The quantitative estimate of drug-likeness (QED) is 0.374. The Hall–Kier alpha value is -1.33. The van der Waals surface area contributed by atoms with Gasteiger partial charge in [-0.25, -0.2) is 9.36 Å². The Morgan fingerprint density at radius 2 is 2.19 bits per heavy atom. The van der Waals surface area contributed by atoms with E-state index in [-0.39, 0.29) is 5.82 Å². The third kappa shape index (κ3) is 3.47. The Morgan fingerprint density at radius 1 is 1.52 bits per heavy atom. The van der Waals surface area contributed by atoms with E-state index in [1.165, 1.54) is 12.3 Å². The lowest BCUT2D eigenvalue weighted by atomic mass is 10.1. The maximum absolute atomic E-state index is 11.7. The molecule has 1 aliphatic heterocycles. The van der Waals surface area contributed by atoms with Gasteiger partial charge in [0, 0.05) is 6.20 Å². The summed E-state index contributed by atoms with van der Waals surface area (Å²) in [6.07, 6.45) is -4.47. The first-order valence-corrected chi connectivity index (χ1v) is 7.29. The van der Waals surface area contributed by atoms with Crippen molar-refractivity contribution in [3.8, 4) is 0 Å². The van der Waals surface area contributed by atoms with Crippen LogP contribution in [0, 0.1) is 0 Å². The summed E-state index contributed by atoms with van der Waals surface area (Å²) in [4.78, 5) is 32.9. The van der Waals surface area contributed by atoms with Crippen LogP contribution in [0.15, 0.2) is 17.1 Å². The van der Waals surface area contributed by atoms with Crippen molar-refractivity contribution >= 4 is 13.6 Å². The number of rotatable bonds is 4. The molecule has 1 aliphatic rings. The van der Waals surface area contributed by atoms with Crippen molar-refractivity contribution in [3.05, 3.63) is 22.7 Å². The van der Waals surface area contributed by atoms with Crippen LogP contribution in [0.2, 0.25) is 0 Å². The number of hydrogen-bond acceptors (Lipinski definition) is 8. The van der Waals surface area contributed by atoms with Crippen LogP contribution in [0.1, 0.15) is 6.23 Å². The molecule has 0 aliphatic carbocycles. The number of nitrogens with zero attached hydrogens (tertiary/aromatic N) is 2. The summed E-state index contributed by atoms with van der Waals surface area (Å²) < 4.78 is 21.5. The number of aliphatic hydroxyl groups is 2. The molecule has 4 atom stereocenters. The highest BCUT2D eigenvalue weighted by Gasteiger charge is 2.48. The molecule has 12 heteroatoms. The minimum absolute atomic E-state index is 0.0547. The van der Waals surface area contributed by atoms with Gasteiger partial charge in [-0.1, -0.05) is 0 Å². The molecule has 0 spiro atoms. The largest absolute Gasteiger partial charge is 0.470 e. The first-order chi connectivity index (χ1) is 9.73. The average molecular weight is 323 g/mol. The molecule has 0 aromatic carbocycles. The topological polar surface area (TPSA) is 177 Å². The standard InChI is InChI=1S/C9H14N3O8P/c10-5-1-2-12(9(15)11-5)8-7(20-21(16,17)18)6(14)4(3-13)19-8/h1-2,4,6-8,13-14H,3H2,(H2,10,11,15)(H2,16,17,18)/t4-,6-,7+,8?/m1/s1. The fourth-order valence-electron chi connectivity index (χ4n) is 1.98. The van der Waals surface area contributed by atoms with Crippen LogP contribution in [0.3, 0.4) is 0 Å². The highest BCUT2D eigenvalue weighted by Crippen LogP contribution is 2.44. The van der Waals surface area contributed by atoms with Gasteiger partial charge >= 0.3 is 13.5 Å². The van der Waals surface area contributed by atoms with E-state index < -0.39 is 44.7 Å². The van der Waals surface area contributed by atoms with E-state index >= 15 is 0 Å². The first-order valence-electron chi connectivity index (χ1n) is 5.76. The molecule has 1 fully saturated rings. The van der Waals surface area contributed by atoms with Gasteiger partial charge in [0.05, 0.1) is 6.61 Å². The van der Waals surface area contributed by atoms with Crippen LogP contribution < -0.4 is 11.4 Å².